The highest BCUT2D eigenvalue weighted by Crippen LogP contribution is 2.31. The van der Waals surface area contributed by atoms with E-state index < -0.39 is 11.7 Å². The molecule has 0 aromatic heterocycles. The largest absolute Gasteiger partial charge is 0.416 e. The number of carbonyl (C=O) groups is 1. The number of rotatable bonds is 4. The second-order valence-corrected chi connectivity index (χ2v) is 4.99. The zero-order valence-corrected chi connectivity index (χ0v) is 11.0. The van der Waals surface area contributed by atoms with Gasteiger partial charge in [-0.15, -0.1) is 0 Å². The number of nitrogens with one attached hydrogen (secondary N) is 2. The highest BCUT2D eigenvalue weighted by Gasteiger charge is 2.32. The Morgan fingerprint density at radius 2 is 2.10 bits per heavy atom. The van der Waals surface area contributed by atoms with Gasteiger partial charge in [0, 0.05) is 13.0 Å². The van der Waals surface area contributed by atoms with Crippen LogP contribution >= 0.6 is 0 Å². The minimum atomic E-state index is -4.39. The molecule has 0 spiro atoms. The molecule has 3 nitrogen and oxygen atoms in total. The average molecular weight is 286 g/mol. The van der Waals surface area contributed by atoms with Crippen LogP contribution in [0.25, 0.3) is 0 Å². The number of carbonyl (C=O) groups excluding carboxylic acids is 1. The van der Waals surface area contributed by atoms with Crippen LogP contribution in [-0.4, -0.2) is 19.0 Å². The fourth-order valence-electron chi connectivity index (χ4n) is 2.37. The second-order valence-electron chi connectivity index (χ2n) is 4.99. The third kappa shape index (κ3) is 3.96. The maximum atomic E-state index is 12.8. The number of hydrogen-bond donors (Lipinski definition) is 2. The van der Waals surface area contributed by atoms with Crippen LogP contribution in [0.5, 0.6) is 0 Å². The Balaban J connectivity index is 1.92. The fraction of sp³-hybridized carbons (Fsp3) is 0.500. The van der Waals surface area contributed by atoms with Gasteiger partial charge in [0.25, 0.3) is 0 Å². The SMILES string of the molecule is O=C(C[C@H]1CCNC1)NCc1ccccc1C(F)(F)F. The lowest BCUT2D eigenvalue weighted by Gasteiger charge is -2.14. The van der Waals surface area contributed by atoms with Crippen LogP contribution in [0.15, 0.2) is 24.3 Å². The van der Waals surface area contributed by atoms with Crippen molar-refractivity contribution >= 4 is 5.91 Å². The van der Waals surface area contributed by atoms with E-state index in [0.29, 0.717) is 6.42 Å². The Morgan fingerprint density at radius 3 is 2.75 bits per heavy atom. The van der Waals surface area contributed by atoms with Gasteiger partial charge in [0.15, 0.2) is 0 Å². The van der Waals surface area contributed by atoms with E-state index in [4.69, 9.17) is 0 Å². The topological polar surface area (TPSA) is 41.1 Å². The maximum Gasteiger partial charge on any atom is 0.416 e. The summed E-state index contributed by atoms with van der Waals surface area (Å²) in [4.78, 5) is 11.7. The molecule has 1 aliphatic heterocycles. The smallest absolute Gasteiger partial charge is 0.352 e. The third-order valence-electron chi connectivity index (χ3n) is 3.44. The standard InChI is InChI=1S/C14H17F3N2O/c15-14(16,17)12-4-2-1-3-11(12)9-19-13(20)7-10-5-6-18-8-10/h1-4,10,18H,5-9H2,(H,19,20)/t10-/m1/s1. The van der Waals surface area contributed by atoms with E-state index in [2.05, 4.69) is 10.6 Å². The molecule has 0 saturated carbocycles. The van der Waals surface area contributed by atoms with Crippen molar-refractivity contribution in [1.82, 2.24) is 10.6 Å². The van der Waals surface area contributed by atoms with Crippen molar-refractivity contribution in [2.45, 2.75) is 25.6 Å². The number of halogens is 3. The zero-order valence-electron chi connectivity index (χ0n) is 11.0. The third-order valence-corrected chi connectivity index (χ3v) is 3.44. The molecule has 20 heavy (non-hydrogen) atoms. The van der Waals surface area contributed by atoms with Crippen LogP contribution in [0.1, 0.15) is 24.0 Å². The van der Waals surface area contributed by atoms with Crippen molar-refractivity contribution in [3.8, 4) is 0 Å². The van der Waals surface area contributed by atoms with Gasteiger partial charge in [0.05, 0.1) is 5.56 Å². The van der Waals surface area contributed by atoms with Crippen LogP contribution in [0.2, 0.25) is 0 Å². The highest BCUT2D eigenvalue weighted by molar-refractivity contribution is 5.76. The Labute approximate surface area is 115 Å². The Kier molecular flexibility index (Phi) is 4.65. The quantitative estimate of drug-likeness (QED) is 0.892. The molecule has 1 saturated heterocycles. The highest BCUT2D eigenvalue weighted by atomic mass is 19.4. The summed E-state index contributed by atoms with van der Waals surface area (Å²) in [6, 6.07) is 5.30. The minimum Gasteiger partial charge on any atom is -0.352 e. The van der Waals surface area contributed by atoms with Crippen molar-refractivity contribution < 1.29 is 18.0 Å². The summed E-state index contributed by atoms with van der Waals surface area (Å²) in [5, 5.41) is 5.72. The van der Waals surface area contributed by atoms with E-state index in [9.17, 15) is 18.0 Å². The molecule has 1 aromatic carbocycles. The van der Waals surface area contributed by atoms with Crippen molar-refractivity contribution in [3.63, 3.8) is 0 Å². The summed E-state index contributed by atoms with van der Waals surface area (Å²) >= 11 is 0. The number of benzene rings is 1. The molecular formula is C14H17F3N2O. The van der Waals surface area contributed by atoms with Gasteiger partial charge in [-0.3, -0.25) is 4.79 Å². The lowest BCUT2D eigenvalue weighted by Crippen LogP contribution is -2.27. The van der Waals surface area contributed by atoms with Crippen molar-refractivity contribution in [2.75, 3.05) is 13.1 Å². The molecule has 110 valence electrons. The van der Waals surface area contributed by atoms with Crippen LogP contribution < -0.4 is 10.6 Å². The molecule has 2 rings (SSSR count). The van der Waals surface area contributed by atoms with E-state index in [1.807, 2.05) is 0 Å². The zero-order chi connectivity index (χ0) is 14.6. The van der Waals surface area contributed by atoms with Gasteiger partial charge >= 0.3 is 6.18 Å². The molecule has 1 fully saturated rings. The van der Waals surface area contributed by atoms with E-state index in [-0.39, 0.29) is 23.9 Å². The van der Waals surface area contributed by atoms with Crippen molar-refractivity contribution in [1.29, 1.82) is 0 Å². The van der Waals surface area contributed by atoms with E-state index in [0.717, 1.165) is 25.6 Å². The van der Waals surface area contributed by atoms with Crippen LogP contribution in [0.4, 0.5) is 13.2 Å². The van der Waals surface area contributed by atoms with Crippen LogP contribution in [-0.2, 0) is 17.5 Å². The van der Waals surface area contributed by atoms with Gasteiger partial charge in [-0.05, 0) is 37.1 Å². The van der Waals surface area contributed by atoms with Crippen molar-refractivity contribution in [3.05, 3.63) is 35.4 Å². The van der Waals surface area contributed by atoms with E-state index >= 15 is 0 Å². The van der Waals surface area contributed by atoms with Gasteiger partial charge in [0.2, 0.25) is 5.91 Å². The molecule has 0 radical (unpaired) electrons. The Morgan fingerprint density at radius 1 is 1.35 bits per heavy atom. The molecule has 2 N–H and O–H groups in total. The lowest BCUT2D eigenvalue weighted by atomic mass is 10.0. The van der Waals surface area contributed by atoms with E-state index in [1.54, 1.807) is 0 Å². The monoisotopic (exact) mass is 286 g/mol. The summed E-state index contributed by atoms with van der Waals surface area (Å²) in [7, 11) is 0. The molecule has 0 unspecified atom stereocenters. The summed E-state index contributed by atoms with van der Waals surface area (Å²) in [5.74, 6) is 0.0866. The first-order valence-electron chi connectivity index (χ1n) is 6.59. The molecule has 1 heterocycles. The maximum absolute atomic E-state index is 12.8. The van der Waals surface area contributed by atoms with Gasteiger partial charge in [-0.1, -0.05) is 18.2 Å². The summed E-state index contributed by atoms with van der Waals surface area (Å²) in [6.07, 6.45) is -3.09. The van der Waals surface area contributed by atoms with Gasteiger partial charge < -0.3 is 10.6 Å². The van der Waals surface area contributed by atoms with Crippen LogP contribution in [0, 0.1) is 5.92 Å². The number of amides is 1. The van der Waals surface area contributed by atoms with Gasteiger partial charge in [-0.25, -0.2) is 0 Å². The first-order valence-corrected chi connectivity index (χ1v) is 6.59. The molecule has 0 bridgehead atoms. The fourth-order valence-corrected chi connectivity index (χ4v) is 2.37. The molecule has 1 amide bonds. The summed E-state index contributed by atoms with van der Waals surface area (Å²) in [6.45, 7) is 1.61. The first kappa shape index (κ1) is 14.8. The predicted octanol–water partition coefficient (Wildman–Crippen LogP) is 2.32. The Hall–Kier alpha value is -1.56. The second kappa shape index (κ2) is 6.26. The Bertz CT molecular complexity index is 468. The van der Waals surface area contributed by atoms with E-state index in [1.165, 1.54) is 18.2 Å². The molecule has 1 aromatic rings. The lowest BCUT2D eigenvalue weighted by molar-refractivity contribution is -0.138. The molecule has 1 atom stereocenters. The molecular weight excluding hydrogens is 269 g/mol. The van der Waals surface area contributed by atoms with Gasteiger partial charge in [0.1, 0.15) is 0 Å². The molecule has 6 heteroatoms. The minimum absolute atomic E-state index is 0.0886. The number of hydrogen-bond acceptors (Lipinski definition) is 2. The normalized spacial score (nSPS) is 19.1. The molecule has 0 aliphatic carbocycles. The van der Waals surface area contributed by atoms with Gasteiger partial charge in [-0.2, -0.15) is 13.2 Å². The summed E-state index contributed by atoms with van der Waals surface area (Å²) < 4.78 is 38.3. The number of alkyl halides is 3. The predicted molar refractivity (Wildman–Crippen MR) is 68.9 cm³/mol. The first-order chi connectivity index (χ1) is 9.47. The molecule has 1 aliphatic rings. The van der Waals surface area contributed by atoms with Crippen LogP contribution in [0.3, 0.4) is 0 Å². The summed E-state index contributed by atoms with van der Waals surface area (Å²) in [5.41, 5.74) is -0.597. The average Bonchev–Trinajstić information content (AvgIpc) is 2.88. The van der Waals surface area contributed by atoms with Crippen molar-refractivity contribution in [2.24, 2.45) is 5.92 Å².